The number of nitrogens with one attached hydrogen (secondary N) is 1. The highest BCUT2D eigenvalue weighted by atomic mass is 19.1. The fourth-order valence-electron chi connectivity index (χ4n) is 5.31. The van der Waals surface area contributed by atoms with Gasteiger partial charge in [0.15, 0.2) is 11.6 Å². The van der Waals surface area contributed by atoms with Crippen LogP contribution in [0.2, 0.25) is 0 Å². The molecule has 1 fully saturated rings. The summed E-state index contributed by atoms with van der Waals surface area (Å²) in [5.74, 6) is 0.265. The number of benzene rings is 1. The summed E-state index contributed by atoms with van der Waals surface area (Å²) >= 11 is 0. The Morgan fingerprint density at radius 3 is 2.47 bits per heavy atom. The number of nitrogens with zero attached hydrogens (tertiary/aromatic N) is 6. The zero-order valence-electron chi connectivity index (χ0n) is 22.1. The van der Waals surface area contributed by atoms with Crippen molar-refractivity contribution in [3.8, 4) is 11.3 Å². The lowest BCUT2D eigenvalue weighted by Gasteiger charge is -2.33. The van der Waals surface area contributed by atoms with Crippen molar-refractivity contribution < 1.29 is 13.9 Å². The molecule has 0 spiro atoms. The third kappa shape index (κ3) is 5.10. The molecule has 0 amide bonds. The molecule has 38 heavy (non-hydrogen) atoms. The van der Waals surface area contributed by atoms with Gasteiger partial charge >= 0.3 is 0 Å². The molecule has 0 saturated carbocycles. The standard InChI is InChI=1S/C28H33F2N7O/c1-5-36-10-8-18(9-11-36)27(38)19-6-7-24(31-14-19)34-28-32-15-22(30)25(35-28)20-12-21(29)26-23(13-20)37(16(2)3)17(4)33-26/h6-7,12-16,18,27,38H,5,8-11H2,1-4H3,(H,31,32,34,35)/t27-/m1/s1. The fourth-order valence-corrected chi connectivity index (χ4v) is 5.31. The van der Waals surface area contributed by atoms with Gasteiger partial charge in [-0.3, -0.25) is 0 Å². The minimum Gasteiger partial charge on any atom is -0.388 e. The van der Waals surface area contributed by atoms with Crippen LogP contribution >= 0.6 is 0 Å². The number of hydrogen-bond acceptors (Lipinski definition) is 7. The zero-order valence-corrected chi connectivity index (χ0v) is 22.1. The minimum absolute atomic E-state index is 0.0251. The predicted octanol–water partition coefficient (Wildman–Crippen LogP) is 5.56. The molecule has 4 aromatic rings. The van der Waals surface area contributed by atoms with Gasteiger partial charge in [0.2, 0.25) is 5.95 Å². The Kier molecular flexibility index (Phi) is 7.36. The number of anilines is 2. The molecule has 1 atom stereocenters. The van der Waals surface area contributed by atoms with Gasteiger partial charge in [-0.1, -0.05) is 13.0 Å². The second-order valence-corrected chi connectivity index (χ2v) is 10.2. The number of piperidine rings is 1. The lowest BCUT2D eigenvalue weighted by atomic mass is 9.88. The Morgan fingerprint density at radius 1 is 1.05 bits per heavy atom. The van der Waals surface area contributed by atoms with E-state index >= 15 is 0 Å². The Balaban J connectivity index is 1.37. The number of aryl methyl sites for hydroxylation is 1. The van der Waals surface area contributed by atoms with Crippen molar-refractivity contribution >= 4 is 22.8 Å². The van der Waals surface area contributed by atoms with Crippen LogP contribution in [0.5, 0.6) is 0 Å². The maximum Gasteiger partial charge on any atom is 0.229 e. The predicted molar refractivity (Wildman–Crippen MR) is 143 cm³/mol. The van der Waals surface area contributed by atoms with Gasteiger partial charge in [-0.2, -0.15) is 0 Å². The molecule has 1 aliphatic rings. The number of aliphatic hydroxyl groups excluding tert-OH is 1. The number of fused-ring (bicyclic) bond motifs is 1. The SMILES string of the molecule is CCN1CCC([C@@H](O)c2ccc(Nc3ncc(F)c(-c4cc(F)c5nc(C)n(C(C)C)c5c4)n3)nc2)CC1. The lowest BCUT2D eigenvalue weighted by molar-refractivity contribution is 0.0602. The van der Waals surface area contributed by atoms with E-state index in [4.69, 9.17) is 0 Å². The highest BCUT2D eigenvalue weighted by Crippen LogP contribution is 2.32. The third-order valence-corrected chi connectivity index (χ3v) is 7.35. The molecule has 4 heterocycles. The van der Waals surface area contributed by atoms with E-state index in [9.17, 15) is 13.9 Å². The van der Waals surface area contributed by atoms with Crippen LogP contribution in [-0.4, -0.2) is 54.1 Å². The van der Waals surface area contributed by atoms with Crippen LogP contribution < -0.4 is 5.32 Å². The number of likely N-dealkylation sites (tertiary alicyclic amines) is 1. The molecule has 8 nitrogen and oxygen atoms in total. The summed E-state index contributed by atoms with van der Waals surface area (Å²) in [6.07, 6.45) is 4.02. The van der Waals surface area contributed by atoms with E-state index in [2.05, 4.69) is 37.1 Å². The van der Waals surface area contributed by atoms with E-state index in [-0.39, 0.29) is 29.1 Å². The summed E-state index contributed by atoms with van der Waals surface area (Å²) in [5, 5.41) is 13.8. The van der Waals surface area contributed by atoms with E-state index < -0.39 is 17.7 Å². The van der Waals surface area contributed by atoms with Crippen molar-refractivity contribution in [1.29, 1.82) is 0 Å². The molecule has 1 aliphatic heterocycles. The van der Waals surface area contributed by atoms with Gasteiger partial charge in [-0.25, -0.2) is 28.7 Å². The van der Waals surface area contributed by atoms with Gasteiger partial charge in [0.1, 0.15) is 22.9 Å². The highest BCUT2D eigenvalue weighted by Gasteiger charge is 2.26. The van der Waals surface area contributed by atoms with Crippen LogP contribution in [0.15, 0.2) is 36.7 Å². The van der Waals surface area contributed by atoms with Crippen molar-refractivity contribution in [2.45, 2.75) is 52.7 Å². The van der Waals surface area contributed by atoms with E-state index in [1.165, 1.54) is 6.07 Å². The average molecular weight is 522 g/mol. The fraction of sp³-hybridized carbons (Fsp3) is 0.429. The molecule has 0 unspecified atom stereocenters. The second-order valence-electron chi connectivity index (χ2n) is 10.2. The molecule has 1 aromatic carbocycles. The number of rotatable bonds is 7. The maximum atomic E-state index is 15.0. The van der Waals surface area contributed by atoms with Gasteiger partial charge in [-0.15, -0.1) is 0 Å². The van der Waals surface area contributed by atoms with Crippen LogP contribution in [-0.2, 0) is 0 Å². The van der Waals surface area contributed by atoms with Gasteiger partial charge in [-0.05, 0) is 82.9 Å². The molecular weight excluding hydrogens is 488 g/mol. The third-order valence-electron chi connectivity index (χ3n) is 7.35. The van der Waals surface area contributed by atoms with Crippen LogP contribution in [0.1, 0.15) is 57.1 Å². The quantitative estimate of drug-likeness (QED) is 0.329. The average Bonchev–Trinajstić information content (AvgIpc) is 3.26. The topological polar surface area (TPSA) is 92.0 Å². The summed E-state index contributed by atoms with van der Waals surface area (Å²) in [5.41, 5.74) is 1.85. The van der Waals surface area contributed by atoms with Crippen LogP contribution in [0.4, 0.5) is 20.5 Å². The van der Waals surface area contributed by atoms with Crippen molar-refractivity contribution in [3.63, 3.8) is 0 Å². The molecule has 200 valence electrons. The Bertz CT molecular complexity index is 1430. The van der Waals surface area contributed by atoms with Gasteiger partial charge in [0, 0.05) is 17.8 Å². The van der Waals surface area contributed by atoms with Gasteiger partial charge in [0.05, 0.1) is 17.8 Å². The maximum absolute atomic E-state index is 15.0. The smallest absolute Gasteiger partial charge is 0.229 e. The van der Waals surface area contributed by atoms with Crippen molar-refractivity contribution in [1.82, 2.24) is 29.4 Å². The Labute approximate surface area is 220 Å². The van der Waals surface area contributed by atoms with E-state index in [0.717, 1.165) is 44.2 Å². The molecule has 10 heteroatoms. The first-order chi connectivity index (χ1) is 18.2. The summed E-state index contributed by atoms with van der Waals surface area (Å²) in [6, 6.07) is 6.57. The first-order valence-corrected chi connectivity index (χ1v) is 13.1. The van der Waals surface area contributed by atoms with Crippen molar-refractivity contribution in [3.05, 3.63) is 59.7 Å². The van der Waals surface area contributed by atoms with Crippen molar-refractivity contribution in [2.75, 3.05) is 25.0 Å². The highest BCUT2D eigenvalue weighted by molar-refractivity contribution is 5.83. The van der Waals surface area contributed by atoms with Crippen LogP contribution in [0, 0.1) is 24.5 Å². The zero-order chi connectivity index (χ0) is 27.0. The summed E-state index contributed by atoms with van der Waals surface area (Å²) in [7, 11) is 0. The molecular formula is C28H33F2N7O. The molecule has 5 rings (SSSR count). The monoisotopic (exact) mass is 521 g/mol. The lowest BCUT2D eigenvalue weighted by Crippen LogP contribution is -2.35. The van der Waals surface area contributed by atoms with E-state index in [1.807, 2.05) is 31.4 Å². The largest absolute Gasteiger partial charge is 0.388 e. The van der Waals surface area contributed by atoms with Gasteiger partial charge < -0.3 is 19.9 Å². The first-order valence-electron chi connectivity index (χ1n) is 13.1. The number of imidazole rings is 1. The summed E-state index contributed by atoms with van der Waals surface area (Å²) in [4.78, 5) is 19.5. The molecule has 3 aromatic heterocycles. The normalized spacial score (nSPS) is 15.9. The number of aliphatic hydroxyl groups is 1. The first kappa shape index (κ1) is 26.1. The molecule has 0 radical (unpaired) electrons. The molecule has 0 aliphatic carbocycles. The number of pyridine rings is 1. The number of hydrogen-bond donors (Lipinski definition) is 2. The van der Waals surface area contributed by atoms with Crippen molar-refractivity contribution in [2.24, 2.45) is 5.92 Å². The summed E-state index contributed by atoms with van der Waals surface area (Å²) in [6.45, 7) is 11.0. The molecule has 1 saturated heterocycles. The Morgan fingerprint density at radius 2 is 1.82 bits per heavy atom. The minimum atomic E-state index is -0.665. The van der Waals surface area contributed by atoms with Gasteiger partial charge in [0.25, 0.3) is 0 Å². The van der Waals surface area contributed by atoms with Crippen LogP contribution in [0.3, 0.4) is 0 Å². The van der Waals surface area contributed by atoms with Crippen LogP contribution in [0.25, 0.3) is 22.3 Å². The van der Waals surface area contributed by atoms with E-state index in [1.54, 1.807) is 18.3 Å². The molecule has 0 bridgehead atoms. The van der Waals surface area contributed by atoms with E-state index in [0.29, 0.717) is 22.7 Å². The molecule has 2 N–H and O–H groups in total. The second kappa shape index (κ2) is 10.7. The number of aromatic nitrogens is 5. The Hall–Kier alpha value is -3.50. The summed E-state index contributed by atoms with van der Waals surface area (Å²) < 4.78 is 31.7. The number of halogens is 2.